The number of halogens is 1. The molecule has 0 saturated heterocycles. The van der Waals surface area contributed by atoms with Crippen molar-refractivity contribution in [3.63, 3.8) is 0 Å². The van der Waals surface area contributed by atoms with Crippen LogP contribution in [0.25, 0.3) is 11.0 Å². The van der Waals surface area contributed by atoms with Crippen LogP contribution in [0.5, 0.6) is 11.5 Å². The number of aromatic nitrogens is 2. The van der Waals surface area contributed by atoms with E-state index in [4.69, 9.17) is 5.11 Å². The molecule has 0 aliphatic rings. The highest BCUT2D eigenvalue weighted by molar-refractivity contribution is 9.10. The molecule has 0 aliphatic carbocycles. The number of rotatable bonds is 1. The predicted octanol–water partition coefficient (Wildman–Crippen LogP) is 1.50. The van der Waals surface area contributed by atoms with Crippen molar-refractivity contribution in [3.8, 4) is 11.5 Å². The normalized spacial score (nSPS) is 10.6. The Morgan fingerprint density at radius 3 is 2.12 bits per heavy atom. The summed E-state index contributed by atoms with van der Waals surface area (Å²) in [5.74, 6) is -1.94. The van der Waals surface area contributed by atoms with Crippen molar-refractivity contribution >= 4 is 32.9 Å². The number of nitrogens with zero attached hydrogens (tertiary/aromatic N) is 2. The summed E-state index contributed by atoms with van der Waals surface area (Å²) < 4.78 is 0.0672. The van der Waals surface area contributed by atoms with Gasteiger partial charge in [0, 0.05) is 12.1 Å². The number of carboxylic acid groups (broad SMARTS) is 1. The second kappa shape index (κ2) is 3.60. The molecule has 16 heavy (non-hydrogen) atoms. The molecule has 0 radical (unpaired) electrons. The number of phenolic OH excluding ortho intramolecular Hbond substituents is 2. The van der Waals surface area contributed by atoms with E-state index >= 15 is 0 Å². The van der Waals surface area contributed by atoms with Crippen LogP contribution < -0.4 is 0 Å². The first kappa shape index (κ1) is 10.6. The smallest absolute Gasteiger partial charge is 0.357 e. The standard InChI is InChI=1S/C9H5BrN2O4/c10-8-7(9(15)16)11-3-1-5(13)6(14)2-4(3)12-8/h1-2,13-14H,(H,15,16). The third-order valence-corrected chi connectivity index (χ3v) is 2.47. The first-order chi connectivity index (χ1) is 7.49. The lowest BCUT2D eigenvalue weighted by molar-refractivity contribution is 0.0689. The second-order valence-corrected chi connectivity index (χ2v) is 3.75. The maximum Gasteiger partial charge on any atom is 0.357 e. The summed E-state index contributed by atoms with van der Waals surface area (Å²) in [6, 6.07) is 2.35. The van der Waals surface area contributed by atoms with Gasteiger partial charge in [-0.25, -0.2) is 14.8 Å². The zero-order valence-corrected chi connectivity index (χ0v) is 9.26. The van der Waals surface area contributed by atoms with Crippen molar-refractivity contribution < 1.29 is 20.1 Å². The van der Waals surface area contributed by atoms with E-state index in [1.54, 1.807) is 0 Å². The summed E-state index contributed by atoms with van der Waals surface area (Å²) in [5, 5.41) is 27.3. The van der Waals surface area contributed by atoms with Crippen LogP contribution >= 0.6 is 15.9 Å². The largest absolute Gasteiger partial charge is 0.504 e. The van der Waals surface area contributed by atoms with Crippen LogP contribution in [-0.2, 0) is 0 Å². The van der Waals surface area contributed by atoms with Gasteiger partial charge in [0.05, 0.1) is 11.0 Å². The van der Waals surface area contributed by atoms with Crippen molar-refractivity contribution in [3.05, 3.63) is 22.4 Å². The molecule has 6 nitrogen and oxygen atoms in total. The van der Waals surface area contributed by atoms with Crippen LogP contribution in [0.2, 0.25) is 0 Å². The Balaban J connectivity index is 2.79. The van der Waals surface area contributed by atoms with Gasteiger partial charge in [-0.05, 0) is 15.9 Å². The molecule has 0 fully saturated rings. The fourth-order valence-electron chi connectivity index (χ4n) is 1.20. The molecule has 0 amide bonds. The number of phenols is 2. The SMILES string of the molecule is O=C(O)c1nc2cc(O)c(O)cc2nc1Br. The van der Waals surface area contributed by atoms with Gasteiger partial charge >= 0.3 is 5.97 Å². The van der Waals surface area contributed by atoms with E-state index < -0.39 is 5.97 Å². The molecule has 1 aromatic carbocycles. The minimum Gasteiger partial charge on any atom is -0.504 e. The predicted molar refractivity (Wildman–Crippen MR) is 57.5 cm³/mol. The third-order valence-electron chi connectivity index (χ3n) is 1.92. The van der Waals surface area contributed by atoms with Gasteiger partial charge in [0.15, 0.2) is 17.2 Å². The topological polar surface area (TPSA) is 104 Å². The highest BCUT2D eigenvalue weighted by Crippen LogP contribution is 2.29. The Hall–Kier alpha value is -1.89. The summed E-state index contributed by atoms with van der Waals surface area (Å²) in [4.78, 5) is 18.5. The van der Waals surface area contributed by atoms with Crippen LogP contribution in [0, 0.1) is 0 Å². The van der Waals surface area contributed by atoms with Gasteiger partial charge in [-0.1, -0.05) is 0 Å². The maximum absolute atomic E-state index is 10.8. The van der Waals surface area contributed by atoms with Crippen LogP contribution in [0.3, 0.4) is 0 Å². The van der Waals surface area contributed by atoms with Gasteiger partial charge in [0.25, 0.3) is 0 Å². The maximum atomic E-state index is 10.8. The Morgan fingerprint density at radius 1 is 1.12 bits per heavy atom. The van der Waals surface area contributed by atoms with Crippen molar-refractivity contribution in [1.82, 2.24) is 9.97 Å². The molecule has 1 heterocycles. The van der Waals surface area contributed by atoms with Crippen molar-refractivity contribution in [1.29, 1.82) is 0 Å². The molecule has 7 heteroatoms. The first-order valence-corrected chi connectivity index (χ1v) is 4.91. The summed E-state index contributed by atoms with van der Waals surface area (Å²) in [6.07, 6.45) is 0. The zero-order valence-electron chi connectivity index (χ0n) is 7.68. The molecule has 0 unspecified atom stereocenters. The zero-order chi connectivity index (χ0) is 11.9. The lowest BCUT2D eigenvalue weighted by atomic mass is 10.2. The number of aromatic hydroxyl groups is 2. The van der Waals surface area contributed by atoms with E-state index in [-0.39, 0.29) is 32.8 Å². The Bertz CT molecular complexity index is 600. The number of carboxylic acids is 1. The molecule has 0 aliphatic heterocycles. The van der Waals surface area contributed by atoms with Gasteiger partial charge in [0.2, 0.25) is 0 Å². The Labute approximate surface area is 97.3 Å². The third kappa shape index (κ3) is 1.65. The first-order valence-electron chi connectivity index (χ1n) is 4.11. The summed E-state index contributed by atoms with van der Waals surface area (Å²) in [7, 11) is 0. The number of hydrogen-bond donors (Lipinski definition) is 3. The quantitative estimate of drug-likeness (QED) is 0.686. The van der Waals surface area contributed by atoms with Gasteiger partial charge < -0.3 is 15.3 Å². The van der Waals surface area contributed by atoms with E-state index in [0.717, 1.165) is 6.07 Å². The van der Waals surface area contributed by atoms with Gasteiger partial charge in [0.1, 0.15) is 4.60 Å². The highest BCUT2D eigenvalue weighted by Gasteiger charge is 2.14. The van der Waals surface area contributed by atoms with E-state index in [9.17, 15) is 15.0 Å². The van der Waals surface area contributed by atoms with Gasteiger partial charge in [-0.15, -0.1) is 0 Å². The molecular weight excluding hydrogens is 280 g/mol. The fourth-order valence-corrected chi connectivity index (χ4v) is 1.64. The molecule has 1 aromatic heterocycles. The minimum atomic E-state index is -1.23. The lowest BCUT2D eigenvalue weighted by Crippen LogP contribution is -2.03. The van der Waals surface area contributed by atoms with Crippen LogP contribution in [-0.4, -0.2) is 31.3 Å². The molecule has 82 valence electrons. The van der Waals surface area contributed by atoms with Crippen LogP contribution in [0.1, 0.15) is 10.5 Å². The van der Waals surface area contributed by atoms with Gasteiger partial charge in [-0.2, -0.15) is 0 Å². The average molecular weight is 285 g/mol. The van der Waals surface area contributed by atoms with Gasteiger partial charge in [-0.3, -0.25) is 0 Å². The van der Waals surface area contributed by atoms with E-state index in [2.05, 4.69) is 25.9 Å². The lowest BCUT2D eigenvalue weighted by Gasteiger charge is -2.03. The van der Waals surface area contributed by atoms with Crippen LogP contribution in [0.15, 0.2) is 16.7 Å². The molecule has 0 atom stereocenters. The molecule has 2 aromatic rings. The minimum absolute atomic E-state index is 0.0672. The molecule has 0 bridgehead atoms. The second-order valence-electron chi connectivity index (χ2n) is 3.00. The van der Waals surface area contributed by atoms with E-state index in [0.29, 0.717) is 0 Å². The van der Waals surface area contributed by atoms with Crippen molar-refractivity contribution in [2.24, 2.45) is 0 Å². The molecule has 3 N–H and O–H groups in total. The number of carbonyl (C=O) groups is 1. The van der Waals surface area contributed by atoms with E-state index in [1.165, 1.54) is 6.07 Å². The number of hydrogen-bond acceptors (Lipinski definition) is 5. The number of benzene rings is 1. The average Bonchev–Trinajstić information content (AvgIpc) is 2.19. The highest BCUT2D eigenvalue weighted by atomic mass is 79.9. The summed E-state index contributed by atoms with van der Waals surface area (Å²) in [5.41, 5.74) is 0.223. The fraction of sp³-hybridized carbons (Fsp3) is 0. The van der Waals surface area contributed by atoms with Crippen molar-refractivity contribution in [2.75, 3.05) is 0 Å². The summed E-state index contributed by atoms with van der Waals surface area (Å²) in [6.45, 7) is 0. The Morgan fingerprint density at radius 2 is 1.62 bits per heavy atom. The number of aromatic carboxylic acids is 1. The monoisotopic (exact) mass is 284 g/mol. The molecular formula is C9H5BrN2O4. The van der Waals surface area contributed by atoms with Crippen molar-refractivity contribution in [2.45, 2.75) is 0 Å². The van der Waals surface area contributed by atoms with E-state index in [1.807, 2.05) is 0 Å². The molecule has 0 spiro atoms. The number of fused-ring (bicyclic) bond motifs is 1. The molecule has 0 saturated carbocycles. The van der Waals surface area contributed by atoms with Crippen LogP contribution in [0.4, 0.5) is 0 Å². The summed E-state index contributed by atoms with van der Waals surface area (Å²) >= 11 is 2.96. The molecule has 2 rings (SSSR count). The Kier molecular flexibility index (Phi) is 2.39.